The minimum absolute atomic E-state index is 0.0555. The van der Waals surface area contributed by atoms with Crippen LogP contribution >= 0.6 is 0 Å². The van der Waals surface area contributed by atoms with Crippen LogP contribution in [0.4, 0.5) is 30.0 Å². The average Bonchev–Trinajstić information content (AvgIpc) is 2.72. The number of carbonyl (C=O) groups is 3. The van der Waals surface area contributed by atoms with E-state index in [1.807, 2.05) is 0 Å². The maximum Gasteiger partial charge on any atom is 0.427 e. The van der Waals surface area contributed by atoms with Gasteiger partial charge in [0.1, 0.15) is 28.3 Å². The van der Waals surface area contributed by atoms with Crippen LogP contribution in [0.2, 0.25) is 0 Å². The molecule has 0 saturated heterocycles. The summed E-state index contributed by atoms with van der Waals surface area (Å²) in [6.45, 7) is 13.0. The second kappa shape index (κ2) is 11.4. The van der Waals surface area contributed by atoms with Crippen molar-refractivity contribution in [2.45, 2.75) is 79.1 Å². The van der Waals surface area contributed by atoms with Crippen LogP contribution in [0.15, 0.2) is 24.4 Å². The smallest absolute Gasteiger partial charge is 0.427 e. The minimum atomic E-state index is -2.86. The van der Waals surface area contributed by atoms with Crippen LogP contribution in [0, 0.1) is 0 Å². The Balaban J connectivity index is 2.49. The molecule has 202 valence electrons. The zero-order chi connectivity index (χ0) is 28.1. The van der Waals surface area contributed by atoms with E-state index in [1.54, 1.807) is 55.4 Å². The molecule has 37 heavy (non-hydrogen) atoms. The van der Waals surface area contributed by atoms with Crippen molar-refractivity contribution in [1.82, 2.24) is 15.0 Å². The molecule has 0 radical (unpaired) electrons. The van der Waals surface area contributed by atoms with Gasteiger partial charge in [0.25, 0.3) is 12.3 Å². The van der Waals surface area contributed by atoms with Gasteiger partial charge in [-0.2, -0.15) is 4.98 Å². The lowest BCUT2D eigenvalue weighted by molar-refractivity contribution is 0.0426. The zero-order valence-corrected chi connectivity index (χ0v) is 22.0. The van der Waals surface area contributed by atoms with Gasteiger partial charge in [-0.25, -0.2) is 28.3 Å². The van der Waals surface area contributed by atoms with Gasteiger partial charge in [-0.1, -0.05) is 6.07 Å². The summed E-state index contributed by atoms with van der Waals surface area (Å²) in [5.41, 5.74) is -2.81. The summed E-state index contributed by atoms with van der Waals surface area (Å²) in [5, 5.41) is 2.45. The van der Waals surface area contributed by atoms with Gasteiger partial charge < -0.3 is 19.5 Å². The molecule has 2 heterocycles. The Morgan fingerprint density at radius 1 is 0.946 bits per heavy atom. The first-order valence-corrected chi connectivity index (χ1v) is 11.3. The number of nitrogens with zero attached hydrogens (tertiary/aromatic N) is 4. The van der Waals surface area contributed by atoms with E-state index in [0.717, 1.165) is 12.3 Å². The van der Waals surface area contributed by atoms with E-state index >= 15 is 0 Å². The molecule has 2 rings (SSSR count). The molecule has 3 amide bonds. The number of rotatable bonds is 6. The van der Waals surface area contributed by atoms with Crippen LogP contribution in [-0.4, -0.2) is 50.4 Å². The lowest BCUT2D eigenvalue weighted by atomic mass is 10.2. The molecule has 2 aromatic heterocycles. The van der Waals surface area contributed by atoms with Crippen LogP contribution < -0.4 is 15.0 Å². The van der Waals surface area contributed by atoms with Crippen molar-refractivity contribution < 1.29 is 37.4 Å². The molecule has 2 aromatic rings. The number of alkyl halides is 2. The number of amides is 3. The number of imide groups is 1. The van der Waals surface area contributed by atoms with Crippen LogP contribution in [0.5, 0.6) is 5.88 Å². The molecule has 11 nitrogen and oxygen atoms in total. The number of pyridine rings is 1. The van der Waals surface area contributed by atoms with Crippen LogP contribution in [-0.2, 0) is 9.47 Å². The molecule has 0 aliphatic heterocycles. The lowest BCUT2D eigenvalue weighted by Gasteiger charge is -2.27. The fourth-order valence-electron chi connectivity index (χ4n) is 2.60. The molecule has 1 N–H and O–H groups in total. The molecule has 0 aliphatic carbocycles. The first kappa shape index (κ1) is 29.3. The predicted octanol–water partition coefficient (Wildman–Crippen LogP) is 5.53. The van der Waals surface area contributed by atoms with E-state index in [9.17, 15) is 23.2 Å². The van der Waals surface area contributed by atoms with Gasteiger partial charge in [-0.05, 0) is 67.5 Å². The van der Waals surface area contributed by atoms with Gasteiger partial charge in [-0.3, -0.25) is 4.79 Å². The van der Waals surface area contributed by atoms with Crippen molar-refractivity contribution in [1.29, 1.82) is 0 Å². The number of aromatic nitrogens is 3. The number of hydrogen-bond acceptors (Lipinski definition) is 9. The topological polar surface area (TPSA) is 133 Å². The summed E-state index contributed by atoms with van der Waals surface area (Å²) in [6.07, 6.45) is -4.41. The molecule has 0 aliphatic rings. The van der Waals surface area contributed by atoms with Crippen molar-refractivity contribution >= 4 is 29.7 Å². The van der Waals surface area contributed by atoms with Crippen LogP contribution in [0.25, 0.3) is 0 Å². The highest BCUT2D eigenvalue weighted by Gasteiger charge is 2.35. The summed E-state index contributed by atoms with van der Waals surface area (Å²) < 4.78 is 42.3. The Morgan fingerprint density at radius 3 is 2.00 bits per heavy atom. The first-order chi connectivity index (χ1) is 17.0. The van der Waals surface area contributed by atoms with E-state index in [0.29, 0.717) is 4.90 Å². The van der Waals surface area contributed by atoms with Crippen LogP contribution in [0.1, 0.15) is 78.0 Å². The second-order valence-corrected chi connectivity index (χ2v) is 10.1. The maximum atomic E-state index is 13.0. The van der Waals surface area contributed by atoms with Gasteiger partial charge in [0.2, 0.25) is 11.8 Å². The monoisotopic (exact) mass is 523 g/mol. The highest BCUT2D eigenvalue weighted by atomic mass is 19.3. The Labute approximate surface area is 213 Å². The quantitative estimate of drug-likeness (QED) is 0.519. The standard InChI is InChI=1S/C24H31F2N5O6/c1-13(2)35-19-16(29-18(32)15-11-9-10-14(28-15)17(25)26)12-27-20(30-19)31(21(33)36-23(3,4)5)22(34)37-24(6,7)8/h9-13,17H,1-8H3,(H,29,32). The molecule has 0 fully saturated rings. The van der Waals surface area contributed by atoms with Gasteiger partial charge >= 0.3 is 12.2 Å². The fraction of sp³-hybridized carbons (Fsp3) is 0.500. The third kappa shape index (κ3) is 8.92. The number of anilines is 2. The number of hydrogen-bond donors (Lipinski definition) is 1. The third-order valence-electron chi connectivity index (χ3n) is 3.92. The predicted molar refractivity (Wildman–Crippen MR) is 130 cm³/mol. The normalized spacial score (nSPS) is 11.8. The number of carbonyl (C=O) groups excluding carboxylic acids is 3. The number of ether oxygens (including phenoxy) is 3. The van der Waals surface area contributed by atoms with Crippen LogP contribution in [0.3, 0.4) is 0 Å². The highest BCUT2D eigenvalue weighted by Crippen LogP contribution is 2.27. The maximum absolute atomic E-state index is 13.0. The summed E-state index contributed by atoms with van der Waals surface area (Å²) in [6, 6.07) is 3.62. The first-order valence-electron chi connectivity index (χ1n) is 11.3. The number of halogens is 2. The average molecular weight is 524 g/mol. The molecular weight excluding hydrogens is 492 g/mol. The molecule has 0 atom stereocenters. The SMILES string of the molecule is CC(C)Oc1nc(N(C(=O)OC(C)(C)C)C(=O)OC(C)(C)C)ncc1NC(=O)c1cccc(C(F)F)n1. The van der Waals surface area contributed by atoms with Crippen molar-refractivity contribution in [3.63, 3.8) is 0 Å². The highest BCUT2D eigenvalue weighted by molar-refractivity contribution is 6.08. The molecule has 13 heteroatoms. The molecule has 0 saturated carbocycles. The van der Waals surface area contributed by atoms with E-state index < -0.39 is 53.5 Å². The van der Waals surface area contributed by atoms with Gasteiger partial charge in [-0.15, -0.1) is 4.90 Å². The Bertz CT molecular complexity index is 1120. The summed E-state index contributed by atoms with van der Waals surface area (Å²) in [4.78, 5) is 50.8. The molecule has 0 spiro atoms. The second-order valence-electron chi connectivity index (χ2n) is 10.1. The van der Waals surface area contributed by atoms with Crippen molar-refractivity contribution in [2.75, 3.05) is 10.2 Å². The zero-order valence-electron chi connectivity index (χ0n) is 22.0. The van der Waals surface area contributed by atoms with Crippen molar-refractivity contribution in [3.8, 4) is 5.88 Å². The Hall–Kier alpha value is -3.90. The lowest BCUT2D eigenvalue weighted by Crippen LogP contribution is -2.44. The Morgan fingerprint density at radius 2 is 1.51 bits per heavy atom. The number of nitrogens with one attached hydrogen (secondary N) is 1. The molecule has 0 aromatic carbocycles. The molecular formula is C24H31F2N5O6. The van der Waals surface area contributed by atoms with E-state index in [4.69, 9.17) is 14.2 Å². The largest absolute Gasteiger partial charge is 0.473 e. The van der Waals surface area contributed by atoms with E-state index in [-0.39, 0.29) is 17.3 Å². The van der Waals surface area contributed by atoms with Gasteiger partial charge in [0.15, 0.2) is 0 Å². The third-order valence-corrected chi connectivity index (χ3v) is 3.92. The van der Waals surface area contributed by atoms with E-state index in [1.165, 1.54) is 12.1 Å². The van der Waals surface area contributed by atoms with Gasteiger partial charge in [0.05, 0.1) is 12.3 Å². The van der Waals surface area contributed by atoms with E-state index in [2.05, 4.69) is 20.3 Å². The summed E-state index contributed by atoms with van der Waals surface area (Å²) in [7, 11) is 0. The minimum Gasteiger partial charge on any atom is -0.473 e. The van der Waals surface area contributed by atoms with Crippen molar-refractivity contribution in [2.24, 2.45) is 0 Å². The Kier molecular flexibility index (Phi) is 9.07. The molecule has 0 bridgehead atoms. The van der Waals surface area contributed by atoms with Gasteiger partial charge in [0, 0.05) is 0 Å². The summed E-state index contributed by atoms with van der Waals surface area (Å²) in [5.74, 6) is -1.46. The van der Waals surface area contributed by atoms with Crippen molar-refractivity contribution in [3.05, 3.63) is 35.8 Å². The fourth-order valence-corrected chi connectivity index (χ4v) is 2.60. The molecule has 0 unspecified atom stereocenters. The summed E-state index contributed by atoms with van der Waals surface area (Å²) >= 11 is 0.